The summed E-state index contributed by atoms with van der Waals surface area (Å²) in [4.78, 5) is 42.9. The van der Waals surface area contributed by atoms with Crippen molar-refractivity contribution in [3.8, 4) is 44.5 Å². The zero-order valence-corrected chi connectivity index (χ0v) is 32.6. The van der Waals surface area contributed by atoms with Crippen LogP contribution in [0.1, 0.15) is 38.7 Å². The van der Waals surface area contributed by atoms with E-state index in [1.165, 1.54) is 30.3 Å². The Labute approximate surface area is 350 Å². The van der Waals surface area contributed by atoms with Crippen LogP contribution in [0.2, 0.25) is 0 Å². The predicted octanol–water partition coefficient (Wildman–Crippen LogP) is 13.1. The van der Waals surface area contributed by atoms with Crippen molar-refractivity contribution in [3.05, 3.63) is 214 Å². The quantitative estimate of drug-likeness (QED) is 0.0688. The summed E-state index contributed by atoms with van der Waals surface area (Å²) < 4.78 is 0. The molecule has 0 radical (unpaired) electrons. The number of nitro groups is 1. The maximum absolute atomic E-state index is 13.7. The fourth-order valence-corrected chi connectivity index (χ4v) is 8.08. The number of H-pyrrole nitrogens is 2. The van der Waals surface area contributed by atoms with Crippen molar-refractivity contribution in [1.82, 2.24) is 19.9 Å². The van der Waals surface area contributed by atoms with Crippen LogP contribution in [0.5, 0.6) is 0 Å². The van der Waals surface area contributed by atoms with Crippen LogP contribution in [0.3, 0.4) is 0 Å². The molecule has 0 aliphatic carbocycles. The highest BCUT2D eigenvalue weighted by Gasteiger charge is 2.20. The number of hydrogen-bond donors (Lipinski definition) is 2. The average molecular weight is 790 g/mol. The fraction of sp³-hybridized carbons (Fsp3) is 0. The van der Waals surface area contributed by atoms with E-state index in [-0.39, 0.29) is 11.5 Å². The molecule has 10 rings (SSSR count). The molecular formula is C53H35N5O3. The highest BCUT2D eigenvalue weighted by molar-refractivity contribution is 6.09. The molecule has 0 unspecified atom stereocenters. The molecule has 5 heterocycles. The van der Waals surface area contributed by atoms with Gasteiger partial charge in [0.25, 0.3) is 5.69 Å². The van der Waals surface area contributed by atoms with Gasteiger partial charge in [0.2, 0.25) is 0 Å². The molecule has 2 aliphatic rings. The van der Waals surface area contributed by atoms with E-state index >= 15 is 0 Å². The van der Waals surface area contributed by atoms with Crippen molar-refractivity contribution in [2.45, 2.75) is 0 Å². The summed E-state index contributed by atoms with van der Waals surface area (Å²) in [6.07, 6.45) is 11.6. The van der Waals surface area contributed by atoms with Crippen molar-refractivity contribution in [1.29, 1.82) is 0 Å². The number of allylic oxidation sites excluding steroid dienone is 1. The van der Waals surface area contributed by atoms with Gasteiger partial charge in [-0.05, 0) is 89.0 Å². The first-order valence-electron chi connectivity index (χ1n) is 19.9. The van der Waals surface area contributed by atoms with Crippen molar-refractivity contribution >= 4 is 63.9 Å². The second kappa shape index (κ2) is 15.7. The summed E-state index contributed by atoms with van der Waals surface area (Å²) in [5.41, 5.74) is 15.0. The lowest BCUT2D eigenvalue weighted by molar-refractivity contribution is -0.384. The molecule has 0 atom stereocenters. The molecule has 8 aromatic rings. The number of ketones is 1. The molecule has 8 bridgehead atoms. The minimum absolute atomic E-state index is 0.0804. The van der Waals surface area contributed by atoms with Crippen molar-refractivity contribution < 1.29 is 9.72 Å². The summed E-state index contributed by atoms with van der Waals surface area (Å²) in [7, 11) is 0. The summed E-state index contributed by atoms with van der Waals surface area (Å²) >= 11 is 0. The SMILES string of the molecule is O=C(/C=C\c1cc2[nH]c1c(-c1ccccc1)c1nc(c(-c3ccccc3)c3ccc([nH]3)c(-c3ccccc3)c3nc(c2-c2ccccc2)C=C3)C=C1)c1ccc([N+](=O)[O-])cc1. The summed E-state index contributed by atoms with van der Waals surface area (Å²) in [6, 6.07) is 52.8. The molecular weight excluding hydrogens is 755 g/mol. The first-order valence-corrected chi connectivity index (χ1v) is 19.9. The molecule has 2 aliphatic heterocycles. The van der Waals surface area contributed by atoms with Crippen LogP contribution in [-0.2, 0) is 0 Å². The van der Waals surface area contributed by atoms with Crippen LogP contribution in [0.25, 0.3) is 97.0 Å². The van der Waals surface area contributed by atoms with Crippen LogP contribution >= 0.6 is 0 Å². The van der Waals surface area contributed by atoms with Crippen molar-refractivity contribution in [2.24, 2.45) is 0 Å². The normalized spacial score (nSPS) is 11.9. The zero-order chi connectivity index (χ0) is 41.3. The van der Waals surface area contributed by atoms with Gasteiger partial charge in [0.05, 0.1) is 33.2 Å². The number of benzene rings is 5. The van der Waals surface area contributed by atoms with Gasteiger partial charge in [-0.15, -0.1) is 0 Å². The topological polar surface area (TPSA) is 118 Å². The maximum Gasteiger partial charge on any atom is 0.269 e. The zero-order valence-electron chi connectivity index (χ0n) is 32.6. The van der Waals surface area contributed by atoms with Gasteiger partial charge in [0.15, 0.2) is 5.78 Å². The van der Waals surface area contributed by atoms with Gasteiger partial charge in [0.1, 0.15) is 0 Å². The standard InChI is InChI=1S/C53H35N5O3/c59-48(34-21-24-40(25-22-34)58(60)61)32-23-39-33-47-51(37-17-9-3-10-18-37)45-29-28-43(55-45)49(35-13-5-1-6-14-35)41-26-27-42(54-41)50(36-15-7-2-8-16-36)44-30-31-46(56-44)52(53(39)57-47)38-19-11-4-12-20-38/h1-33,54,57H/b32-23-,49-41?,49-43?,50-42?,50-44?,51-45?,51-47?,52-46?,53-52?. The number of nitro benzene ring substituents is 1. The minimum Gasteiger partial charge on any atom is -0.354 e. The number of nitrogens with one attached hydrogen (secondary N) is 2. The Morgan fingerprint density at radius 3 is 1.34 bits per heavy atom. The number of rotatable bonds is 8. The van der Waals surface area contributed by atoms with Gasteiger partial charge in [0, 0.05) is 62.1 Å². The number of nitrogens with zero attached hydrogens (tertiary/aromatic N) is 3. The Kier molecular flexibility index (Phi) is 9.47. The van der Waals surface area contributed by atoms with E-state index < -0.39 is 4.92 Å². The minimum atomic E-state index is -0.478. The van der Waals surface area contributed by atoms with Gasteiger partial charge in [-0.2, -0.15) is 0 Å². The van der Waals surface area contributed by atoms with Gasteiger partial charge >= 0.3 is 0 Å². The van der Waals surface area contributed by atoms with E-state index in [4.69, 9.17) is 9.97 Å². The highest BCUT2D eigenvalue weighted by Crippen LogP contribution is 2.39. The Bertz CT molecular complexity index is 3260. The second-order valence-corrected chi connectivity index (χ2v) is 14.7. The molecule has 0 fully saturated rings. The molecule has 2 N–H and O–H groups in total. The second-order valence-electron chi connectivity index (χ2n) is 14.7. The Morgan fingerprint density at radius 1 is 0.492 bits per heavy atom. The number of hydrogen-bond acceptors (Lipinski definition) is 5. The monoisotopic (exact) mass is 789 g/mol. The predicted molar refractivity (Wildman–Crippen MR) is 247 cm³/mol. The molecule has 61 heavy (non-hydrogen) atoms. The number of carbonyl (C=O) groups excluding carboxylic acids is 1. The summed E-state index contributed by atoms with van der Waals surface area (Å²) in [5, 5.41) is 11.3. The van der Waals surface area contributed by atoms with E-state index in [0.717, 1.165) is 94.9 Å². The lowest BCUT2D eigenvalue weighted by atomic mass is 10.0. The molecule has 0 spiro atoms. The fourth-order valence-electron chi connectivity index (χ4n) is 8.08. The summed E-state index contributed by atoms with van der Waals surface area (Å²) in [5.74, 6) is -0.289. The van der Waals surface area contributed by atoms with E-state index in [1.54, 1.807) is 6.08 Å². The Morgan fingerprint density at radius 2 is 0.902 bits per heavy atom. The van der Waals surface area contributed by atoms with E-state index in [1.807, 2.05) is 78.9 Å². The average Bonchev–Trinajstić information content (AvgIpc) is 4.15. The summed E-state index contributed by atoms with van der Waals surface area (Å²) in [6.45, 7) is 0. The van der Waals surface area contributed by atoms with Gasteiger partial charge in [-0.1, -0.05) is 121 Å². The van der Waals surface area contributed by atoms with Crippen LogP contribution in [0, 0.1) is 10.1 Å². The number of aromatic amines is 2. The number of carbonyl (C=O) groups is 1. The van der Waals surface area contributed by atoms with E-state index in [0.29, 0.717) is 5.56 Å². The first-order chi connectivity index (χ1) is 30.0. The van der Waals surface area contributed by atoms with Crippen molar-refractivity contribution in [2.75, 3.05) is 0 Å². The first kappa shape index (κ1) is 36.8. The van der Waals surface area contributed by atoms with Gasteiger partial charge < -0.3 is 9.97 Å². The smallest absolute Gasteiger partial charge is 0.269 e. The lowest BCUT2D eigenvalue weighted by Gasteiger charge is -2.07. The van der Waals surface area contributed by atoms with E-state index in [9.17, 15) is 14.9 Å². The number of aromatic nitrogens is 4. The molecule has 8 nitrogen and oxygen atoms in total. The molecule has 3 aromatic heterocycles. The third kappa shape index (κ3) is 7.08. The third-order valence-corrected chi connectivity index (χ3v) is 10.9. The van der Waals surface area contributed by atoms with Gasteiger partial charge in [-0.3, -0.25) is 14.9 Å². The van der Waals surface area contributed by atoms with Crippen LogP contribution in [0.4, 0.5) is 5.69 Å². The van der Waals surface area contributed by atoms with Crippen LogP contribution < -0.4 is 0 Å². The number of fused-ring (bicyclic) bond motifs is 8. The molecule has 8 heteroatoms. The highest BCUT2D eigenvalue weighted by atomic mass is 16.6. The molecule has 0 saturated heterocycles. The molecule has 0 saturated carbocycles. The van der Waals surface area contributed by atoms with Gasteiger partial charge in [-0.25, -0.2) is 9.97 Å². The largest absolute Gasteiger partial charge is 0.354 e. The molecule has 5 aromatic carbocycles. The third-order valence-electron chi connectivity index (χ3n) is 10.9. The Hall–Kier alpha value is -8.49. The van der Waals surface area contributed by atoms with E-state index in [2.05, 4.69) is 94.9 Å². The lowest BCUT2D eigenvalue weighted by Crippen LogP contribution is -1.95. The Balaban J connectivity index is 1.35. The molecule has 0 amide bonds. The number of non-ortho nitro benzene ring substituents is 1. The maximum atomic E-state index is 13.7. The van der Waals surface area contributed by atoms with Crippen molar-refractivity contribution in [3.63, 3.8) is 0 Å². The molecule has 290 valence electrons. The van der Waals surface area contributed by atoms with Crippen LogP contribution in [0.15, 0.2) is 170 Å². The van der Waals surface area contributed by atoms with Crippen LogP contribution in [-0.4, -0.2) is 30.6 Å².